The van der Waals surface area contributed by atoms with Crippen LogP contribution in [0.25, 0.3) is 0 Å². The smallest absolute Gasteiger partial charge is 0.181 e. The fourth-order valence-electron chi connectivity index (χ4n) is 3.69. The Bertz CT molecular complexity index is 243. The van der Waals surface area contributed by atoms with Crippen molar-refractivity contribution in [2.75, 3.05) is 26.3 Å². The first-order chi connectivity index (χ1) is 8.38. The Morgan fingerprint density at radius 1 is 0.882 bits per heavy atom. The van der Waals surface area contributed by atoms with Gasteiger partial charge in [-0.2, -0.15) is 0 Å². The second-order valence-electron chi connectivity index (χ2n) is 5.83. The van der Waals surface area contributed by atoms with E-state index in [0.29, 0.717) is 0 Å². The third kappa shape index (κ3) is 2.67. The van der Waals surface area contributed by atoms with Crippen molar-refractivity contribution in [3.63, 3.8) is 0 Å². The van der Waals surface area contributed by atoms with Crippen molar-refractivity contribution in [1.82, 2.24) is 4.90 Å². The lowest BCUT2D eigenvalue weighted by Gasteiger charge is -2.42. The number of rotatable bonds is 1. The molecule has 1 spiro atoms. The first-order valence-electron chi connectivity index (χ1n) is 7.40. The zero-order valence-corrected chi connectivity index (χ0v) is 10.8. The highest BCUT2D eigenvalue weighted by molar-refractivity contribution is 4.87. The van der Waals surface area contributed by atoms with Crippen LogP contribution in [0.3, 0.4) is 0 Å². The maximum Gasteiger partial charge on any atom is 0.181 e. The molecule has 0 bridgehead atoms. The monoisotopic (exact) mass is 239 g/mol. The molecule has 98 valence electrons. The molecule has 3 aliphatic rings. The van der Waals surface area contributed by atoms with E-state index in [0.717, 1.165) is 32.2 Å². The summed E-state index contributed by atoms with van der Waals surface area (Å²) in [6, 6.07) is 0.794. The molecule has 0 amide bonds. The Hall–Kier alpha value is -0.120. The summed E-state index contributed by atoms with van der Waals surface area (Å²) in [6.07, 6.45) is 10.8. The van der Waals surface area contributed by atoms with Gasteiger partial charge in [0.1, 0.15) is 0 Å². The van der Waals surface area contributed by atoms with Crippen LogP contribution in [-0.2, 0) is 9.47 Å². The summed E-state index contributed by atoms with van der Waals surface area (Å²) < 4.78 is 11.7. The summed E-state index contributed by atoms with van der Waals surface area (Å²) in [6.45, 7) is 3.84. The maximum absolute atomic E-state index is 5.87. The molecule has 1 saturated carbocycles. The zero-order chi connectivity index (χ0) is 11.6. The molecule has 0 atom stereocenters. The van der Waals surface area contributed by atoms with Crippen molar-refractivity contribution in [1.29, 1.82) is 0 Å². The van der Waals surface area contributed by atoms with E-state index in [1.54, 1.807) is 0 Å². The summed E-state index contributed by atoms with van der Waals surface area (Å²) in [5.74, 6) is -0.232. The minimum absolute atomic E-state index is 0.232. The molecule has 3 rings (SSSR count). The van der Waals surface area contributed by atoms with E-state index < -0.39 is 0 Å². The Morgan fingerprint density at radius 2 is 1.59 bits per heavy atom. The largest absolute Gasteiger partial charge is 0.346 e. The number of likely N-dealkylation sites (tertiary alicyclic amines) is 1. The van der Waals surface area contributed by atoms with Gasteiger partial charge >= 0.3 is 0 Å². The minimum atomic E-state index is -0.232. The molecular weight excluding hydrogens is 214 g/mol. The van der Waals surface area contributed by atoms with Crippen LogP contribution in [-0.4, -0.2) is 43.0 Å². The number of nitrogens with zero attached hydrogens (tertiary/aromatic N) is 1. The van der Waals surface area contributed by atoms with Gasteiger partial charge in [-0.25, -0.2) is 0 Å². The molecule has 0 aromatic heterocycles. The molecule has 0 aromatic rings. The van der Waals surface area contributed by atoms with Crippen molar-refractivity contribution < 1.29 is 9.47 Å². The minimum Gasteiger partial charge on any atom is -0.346 e. The zero-order valence-electron chi connectivity index (χ0n) is 10.8. The van der Waals surface area contributed by atoms with Gasteiger partial charge < -0.3 is 9.47 Å². The number of hydrogen-bond acceptors (Lipinski definition) is 3. The highest BCUT2D eigenvalue weighted by Crippen LogP contribution is 2.33. The highest BCUT2D eigenvalue weighted by Gasteiger charge is 2.42. The van der Waals surface area contributed by atoms with Crippen LogP contribution in [0.1, 0.15) is 51.4 Å². The van der Waals surface area contributed by atoms with E-state index in [1.165, 1.54) is 51.5 Å². The second kappa shape index (κ2) is 5.25. The molecule has 2 aliphatic heterocycles. The van der Waals surface area contributed by atoms with Gasteiger partial charge in [-0.3, -0.25) is 4.90 Å². The van der Waals surface area contributed by atoms with Gasteiger partial charge in [-0.05, 0) is 25.8 Å². The van der Waals surface area contributed by atoms with Crippen molar-refractivity contribution >= 4 is 0 Å². The predicted octanol–water partition coefficient (Wildman–Crippen LogP) is 2.55. The van der Waals surface area contributed by atoms with E-state index in [-0.39, 0.29) is 5.79 Å². The average molecular weight is 239 g/mol. The van der Waals surface area contributed by atoms with Gasteiger partial charge in [0.05, 0.1) is 19.8 Å². The lowest BCUT2D eigenvalue weighted by atomic mass is 9.99. The third-order valence-corrected chi connectivity index (χ3v) is 4.60. The summed E-state index contributed by atoms with van der Waals surface area (Å²) in [4.78, 5) is 2.65. The van der Waals surface area contributed by atoms with Crippen LogP contribution >= 0.6 is 0 Å². The Labute approximate surface area is 104 Å². The van der Waals surface area contributed by atoms with Crippen molar-refractivity contribution in [2.45, 2.75) is 63.2 Å². The molecule has 2 saturated heterocycles. The molecule has 0 N–H and O–H groups in total. The number of hydrogen-bond donors (Lipinski definition) is 0. The maximum atomic E-state index is 5.87. The molecule has 0 unspecified atom stereocenters. The van der Waals surface area contributed by atoms with Gasteiger partial charge in [-0.15, -0.1) is 0 Å². The standard InChI is InChI=1S/C14H25NO2/c1-2-4-7-13(6-3-1)15-9-5-8-14(12-15)16-10-11-17-14/h13H,1-12H2. The SMILES string of the molecule is C1CCCC(N2CCCC3(C2)OCCO3)CC1. The van der Waals surface area contributed by atoms with E-state index in [2.05, 4.69) is 4.90 Å². The first kappa shape index (κ1) is 11.9. The summed E-state index contributed by atoms with van der Waals surface area (Å²) >= 11 is 0. The van der Waals surface area contributed by atoms with Gasteiger partial charge in [0.25, 0.3) is 0 Å². The normalized spacial score (nSPS) is 31.8. The fourth-order valence-corrected chi connectivity index (χ4v) is 3.69. The first-order valence-corrected chi connectivity index (χ1v) is 7.40. The van der Waals surface area contributed by atoms with Crippen molar-refractivity contribution in [3.05, 3.63) is 0 Å². The highest BCUT2D eigenvalue weighted by atomic mass is 16.7. The molecule has 0 radical (unpaired) electrons. The predicted molar refractivity (Wildman–Crippen MR) is 66.9 cm³/mol. The van der Waals surface area contributed by atoms with Crippen LogP contribution in [0.15, 0.2) is 0 Å². The van der Waals surface area contributed by atoms with Gasteiger partial charge in [-0.1, -0.05) is 25.7 Å². The Balaban J connectivity index is 1.62. The molecule has 3 nitrogen and oxygen atoms in total. The van der Waals surface area contributed by atoms with E-state index >= 15 is 0 Å². The van der Waals surface area contributed by atoms with E-state index in [1.807, 2.05) is 0 Å². The lowest BCUT2D eigenvalue weighted by molar-refractivity contribution is -0.194. The molecule has 3 fully saturated rings. The molecule has 17 heavy (non-hydrogen) atoms. The average Bonchev–Trinajstić information content (AvgIpc) is 2.66. The van der Waals surface area contributed by atoms with Crippen molar-refractivity contribution in [2.24, 2.45) is 0 Å². The summed E-state index contributed by atoms with van der Waals surface area (Å²) in [7, 11) is 0. The Morgan fingerprint density at radius 3 is 2.29 bits per heavy atom. The molecule has 1 aliphatic carbocycles. The summed E-state index contributed by atoms with van der Waals surface area (Å²) in [5.41, 5.74) is 0. The molecule has 0 aromatic carbocycles. The quantitative estimate of drug-likeness (QED) is 0.656. The van der Waals surface area contributed by atoms with Crippen LogP contribution in [0.5, 0.6) is 0 Å². The lowest BCUT2D eigenvalue weighted by Crippen LogP contribution is -2.52. The fraction of sp³-hybridized carbons (Fsp3) is 1.00. The topological polar surface area (TPSA) is 21.7 Å². The Kier molecular flexibility index (Phi) is 3.69. The van der Waals surface area contributed by atoms with Crippen LogP contribution in [0.4, 0.5) is 0 Å². The molecule has 2 heterocycles. The molecule has 3 heteroatoms. The van der Waals surface area contributed by atoms with Crippen LogP contribution < -0.4 is 0 Å². The summed E-state index contributed by atoms with van der Waals surface area (Å²) in [5, 5.41) is 0. The number of ether oxygens (including phenoxy) is 2. The van der Waals surface area contributed by atoms with Crippen molar-refractivity contribution in [3.8, 4) is 0 Å². The second-order valence-corrected chi connectivity index (χ2v) is 5.83. The van der Waals surface area contributed by atoms with E-state index in [4.69, 9.17) is 9.47 Å². The van der Waals surface area contributed by atoms with Crippen LogP contribution in [0.2, 0.25) is 0 Å². The number of piperidine rings is 1. The van der Waals surface area contributed by atoms with E-state index in [9.17, 15) is 0 Å². The molecular formula is C14H25NO2. The van der Waals surface area contributed by atoms with Crippen LogP contribution in [0, 0.1) is 0 Å². The van der Waals surface area contributed by atoms with Gasteiger partial charge in [0, 0.05) is 12.5 Å². The van der Waals surface area contributed by atoms with Gasteiger partial charge in [0.15, 0.2) is 5.79 Å². The van der Waals surface area contributed by atoms with Gasteiger partial charge in [0.2, 0.25) is 0 Å². The third-order valence-electron chi connectivity index (χ3n) is 4.60.